The Morgan fingerprint density at radius 1 is 1.19 bits per heavy atom. The third kappa shape index (κ3) is 5.25. The lowest BCUT2D eigenvalue weighted by atomic mass is 10.2. The monoisotopic (exact) mass is 459 g/mol. The number of hydrogen-bond acceptors (Lipinski definition) is 4. The number of amides is 1. The maximum atomic E-state index is 13.8. The summed E-state index contributed by atoms with van der Waals surface area (Å²) in [4.78, 5) is 12.4. The molecule has 0 saturated heterocycles. The molecule has 2 heterocycles. The molecular weight excluding hydrogens is 433 g/mol. The van der Waals surface area contributed by atoms with Gasteiger partial charge >= 0.3 is 0 Å². The van der Waals surface area contributed by atoms with E-state index in [2.05, 4.69) is 33.6 Å². The highest BCUT2D eigenvalue weighted by Gasteiger charge is 2.15. The summed E-state index contributed by atoms with van der Waals surface area (Å²) in [6, 6.07) is 7.77. The molecule has 0 bridgehead atoms. The third-order valence-corrected chi connectivity index (χ3v) is 5.37. The molecule has 0 spiro atoms. The smallest absolute Gasteiger partial charge is 0.248 e. The Kier molecular flexibility index (Phi) is 6.54. The van der Waals surface area contributed by atoms with Crippen LogP contribution in [0.5, 0.6) is 0 Å². The predicted molar refractivity (Wildman–Crippen MR) is 124 cm³/mol. The van der Waals surface area contributed by atoms with Gasteiger partial charge in [0.2, 0.25) is 15.9 Å². The van der Waals surface area contributed by atoms with Crippen LogP contribution < -0.4 is 10.0 Å². The number of hydrogen-bond donors (Lipinski definition) is 2. The minimum absolute atomic E-state index is 0.198. The average Bonchev–Trinajstić information content (AvgIpc) is 3.26. The molecule has 0 aliphatic heterocycles. The Balaban J connectivity index is 1.80. The van der Waals surface area contributed by atoms with E-state index in [0.717, 1.165) is 35.1 Å². The van der Waals surface area contributed by atoms with Gasteiger partial charge in [-0.25, -0.2) is 17.5 Å². The zero-order chi connectivity index (χ0) is 23.6. The summed E-state index contributed by atoms with van der Waals surface area (Å²) in [7, 11) is -3.65. The summed E-state index contributed by atoms with van der Waals surface area (Å²) in [6.07, 6.45) is 5.75. The molecule has 2 aromatic heterocycles. The molecule has 3 aromatic rings. The normalized spacial score (nSPS) is 12.0. The van der Waals surface area contributed by atoms with Gasteiger partial charge < -0.3 is 9.88 Å². The first-order chi connectivity index (χ1) is 15.0. The summed E-state index contributed by atoms with van der Waals surface area (Å²) in [5.74, 6) is -0.229. The van der Waals surface area contributed by atoms with Crippen LogP contribution in [0, 0.1) is 19.7 Å². The molecule has 3 rings (SSSR count). The molecule has 0 aliphatic carbocycles. The summed E-state index contributed by atoms with van der Waals surface area (Å²) in [5.41, 5.74) is 2.85. The van der Waals surface area contributed by atoms with Crippen LogP contribution in [-0.4, -0.2) is 34.9 Å². The van der Waals surface area contributed by atoms with Crippen molar-refractivity contribution in [1.29, 1.82) is 0 Å². The molecule has 0 fully saturated rings. The van der Waals surface area contributed by atoms with Gasteiger partial charge in [-0.2, -0.15) is 5.10 Å². The molecule has 0 radical (unpaired) electrons. The topological polar surface area (TPSA) is 98.0 Å². The highest BCUT2D eigenvalue weighted by molar-refractivity contribution is 7.92. The van der Waals surface area contributed by atoms with Crippen molar-refractivity contribution in [3.8, 4) is 5.82 Å². The fourth-order valence-electron chi connectivity index (χ4n) is 3.42. The van der Waals surface area contributed by atoms with Crippen molar-refractivity contribution in [2.75, 3.05) is 16.3 Å². The molecule has 0 saturated carbocycles. The van der Waals surface area contributed by atoms with Crippen molar-refractivity contribution < 1.29 is 17.6 Å². The Morgan fingerprint density at radius 2 is 1.91 bits per heavy atom. The van der Waals surface area contributed by atoms with Crippen LogP contribution >= 0.6 is 0 Å². The number of nitrogens with zero attached hydrogens (tertiary/aromatic N) is 3. The van der Waals surface area contributed by atoms with Gasteiger partial charge in [0.1, 0.15) is 11.6 Å². The number of aryl methyl sites for hydroxylation is 1. The van der Waals surface area contributed by atoms with Gasteiger partial charge in [0.15, 0.2) is 0 Å². The van der Waals surface area contributed by atoms with Crippen LogP contribution in [0.2, 0.25) is 0 Å². The lowest BCUT2D eigenvalue weighted by Crippen LogP contribution is -2.12. The number of carbonyl (C=O) groups is 1. The van der Waals surface area contributed by atoms with Crippen LogP contribution in [0.15, 0.2) is 42.6 Å². The van der Waals surface area contributed by atoms with Crippen LogP contribution in [0.3, 0.4) is 0 Å². The van der Waals surface area contributed by atoms with Gasteiger partial charge in [0, 0.05) is 35.3 Å². The van der Waals surface area contributed by atoms with Gasteiger partial charge in [-0.05, 0) is 63.6 Å². The van der Waals surface area contributed by atoms with Gasteiger partial charge in [0.05, 0.1) is 18.1 Å². The maximum Gasteiger partial charge on any atom is 0.248 e. The van der Waals surface area contributed by atoms with E-state index in [1.807, 2.05) is 30.7 Å². The molecule has 1 aromatic carbocycles. The highest BCUT2D eigenvalue weighted by atomic mass is 32.2. The Labute approximate surface area is 186 Å². The van der Waals surface area contributed by atoms with Crippen molar-refractivity contribution in [1.82, 2.24) is 14.3 Å². The van der Waals surface area contributed by atoms with E-state index in [-0.39, 0.29) is 17.4 Å². The van der Waals surface area contributed by atoms with Crippen LogP contribution in [0.1, 0.15) is 36.8 Å². The van der Waals surface area contributed by atoms with E-state index in [1.165, 1.54) is 18.2 Å². The van der Waals surface area contributed by atoms with Crippen molar-refractivity contribution in [2.45, 2.75) is 33.7 Å². The van der Waals surface area contributed by atoms with Gasteiger partial charge in [-0.15, -0.1) is 0 Å². The summed E-state index contributed by atoms with van der Waals surface area (Å²) in [5, 5.41) is 6.99. The van der Waals surface area contributed by atoms with E-state index in [4.69, 9.17) is 0 Å². The van der Waals surface area contributed by atoms with E-state index in [0.29, 0.717) is 0 Å². The number of sulfonamides is 1. The molecule has 170 valence electrons. The van der Waals surface area contributed by atoms with Gasteiger partial charge in [0.25, 0.3) is 0 Å². The Bertz CT molecular complexity index is 1290. The molecule has 1 amide bonds. The number of nitrogens with one attached hydrogen (secondary N) is 2. The standard InChI is InChI=1S/C22H26FN5O3S/c1-14(2)28-22(10-11-24-28)27-15(3)12-17(16(27)4)6-9-21(29)25-18-7-8-19(23)20(13-18)26-32(5,30)31/h6-14,26H,1-5H3,(H,25,29)/b9-6+. The molecule has 0 atom stereocenters. The minimum atomic E-state index is -3.65. The van der Waals surface area contributed by atoms with Crippen molar-refractivity contribution in [3.05, 3.63) is 65.4 Å². The van der Waals surface area contributed by atoms with Crippen molar-refractivity contribution >= 4 is 33.4 Å². The fraction of sp³-hybridized carbons (Fsp3) is 0.273. The third-order valence-electron chi connectivity index (χ3n) is 4.78. The number of aromatic nitrogens is 3. The average molecular weight is 460 g/mol. The Morgan fingerprint density at radius 3 is 2.56 bits per heavy atom. The van der Waals surface area contributed by atoms with Crippen molar-refractivity contribution in [2.24, 2.45) is 0 Å². The van der Waals surface area contributed by atoms with E-state index in [1.54, 1.807) is 12.3 Å². The minimum Gasteiger partial charge on any atom is -0.322 e. The first-order valence-corrected chi connectivity index (χ1v) is 11.8. The zero-order valence-corrected chi connectivity index (χ0v) is 19.4. The molecule has 10 heteroatoms. The SMILES string of the molecule is Cc1cc(/C=C/C(=O)Nc2ccc(F)c(NS(C)(=O)=O)c2)c(C)n1-c1ccnn1C(C)C. The maximum absolute atomic E-state index is 13.8. The van der Waals surface area contributed by atoms with E-state index >= 15 is 0 Å². The molecule has 32 heavy (non-hydrogen) atoms. The zero-order valence-electron chi connectivity index (χ0n) is 18.5. The van der Waals surface area contributed by atoms with Gasteiger partial charge in [-0.3, -0.25) is 9.52 Å². The van der Waals surface area contributed by atoms with Crippen molar-refractivity contribution in [3.63, 3.8) is 0 Å². The van der Waals surface area contributed by atoms with Crippen LogP contribution in [0.25, 0.3) is 11.9 Å². The predicted octanol–water partition coefficient (Wildman–Crippen LogP) is 4.03. The highest BCUT2D eigenvalue weighted by Crippen LogP contribution is 2.24. The summed E-state index contributed by atoms with van der Waals surface area (Å²) < 4.78 is 42.6. The fourth-order valence-corrected chi connectivity index (χ4v) is 3.98. The van der Waals surface area contributed by atoms with E-state index in [9.17, 15) is 17.6 Å². The first kappa shape index (κ1) is 23.3. The molecule has 8 nitrogen and oxygen atoms in total. The second-order valence-electron chi connectivity index (χ2n) is 7.78. The molecule has 0 aliphatic rings. The molecular formula is C22H26FN5O3S. The molecule has 2 N–H and O–H groups in total. The molecule has 0 unspecified atom stereocenters. The summed E-state index contributed by atoms with van der Waals surface area (Å²) >= 11 is 0. The van der Waals surface area contributed by atoms with Crippen LogP contribution in [-0.2, 0) is 14.8 Å². The number of benzene rings is 1. The van der Waals surface area contributed by atoms with Crippen LogP contribution in [0.4, 0.5) is 15.8 Å². The quantitative estimate of drug-likeness (QED) is 0.521. The van der Waals surface area contributed by atoms with Gasteiger partial charge in [-0.1, -0.05) is 0 Å². The number of carbonyl (C=O) groups excluding carboxylic acids is 1. The van der Waals surface area contributed by atoms with E-state index < -0.39 is 21.7 Å². The second kappa shape index (κ2) is 8.99. The summed E-state index contributed by atoms with van der Waals surface area (Å²) in [6.45, 7) is 8.06. The second-order valence-corrected chi connectivity index (χ2v) is 9.53. The lowest BCUT2D eigenvalue weighted by molar-refractivity contribution is -0.111. The Hall–Kier alpha value is -3.40. The largest absolute Gasteiger partial charge is 0.322 e. The first-order valence-electron chi connectivity index (χ1n) is 9.95. The number of halogens is 1. The number of rotatable bonds is 7. The lowest BCUT2D eigenvalue weighted by Gasteiger charge is -2.15. The number of anilines is 2.